The van der Waals surface area contributed by atoms with Gasteiger partial charge in [0.15, 0.2) is 0 Å². The lowest BCUT2D eigenvalue weighted by Gasteiger charge is -2.61. The molecule has 0 heterocycles. The Labute approximate surface area is 185 Å². The van der Waals surface area contributed by atoms with Gasteiger partial charge in [-0.25, -0.2) is 0 Å². The first-order valence-electron chi connectivity index (χ1n) is 13.2. The Morgan fingerprint density at radius 1 is 0.933 bits per heavy atom. The van der Waals surface area contributed by atoms with Gasteiger partial charge in [0.05, 0.1) is 6.61 Å². The monoisotopic (exact) mass is 417 g/mol. The molecule has 2 unspecified atom stereocenters. The lowest BCUT2D eigenvalue weighted by Crippen LogP contribution is -2.53. The predicted octanol–water partition coefficient (Wildman–Crippen LogP) is 6.91. The maximum atomic E-state index is 9.44. The van der Waals surface area contributed by atoms with Crippen LogP contribution in [0.4, 0.5) is 0 Å². The van der Waals surface area contributed by atoms with Crippen molar-refractivity contribution in [3.05, 3.63) is 0 Å². The van der Waals surface area contributed by atoms with Gasteiger partial charge in [0, 0.05) is 12.1 Å². The van der Waals surface area contributed by atoms with E-state index in [0.717, 1.165) is 48.3 Å². The highest BCUT2D eigenvalue weighted by Crippen LogP contribution is 2.68. The minimum Gasteiger partial charge on any atom is -0.411 e. The average molecular weight is 418 g/mol. The van der Waals surface area contributed by atoms with Crippen molar-refractivity contribution >= 4 is 6.21 Å². The van der Waals surface area contributed by atoms with Crippen LogP contribution in [0.5, 0.6) is 0 Å². The summed E-state index contributed by atoms with van der Waals surface area (Å²) in [6.07, 6.45) is 19.7. The zero-order valence-corrected chi connectivity index (χ0v) is 19.9. The summed E-state index contributed by atoms with van der Waals surface area (Å²) in [5.41, 5.74) is 1.21. The van der Waals surface area contributed by atoms with Crippen molar-refractivity contribution in [2.24, 2.45) is 57.4 Å². The van der Waals surface area contributed by atoms with E-state index in [-0.39, 0.29) is 12.5 Å². The third-order valence-electron chi connectivity index (χ3n) is 11.1. The van der Waals surface area contributed by atoms with Crippen molar-refractivity contribution in [2.45, 2.75) is 104 Å². The molecular formula is C27H47NO2. The van der Waals surface area contributed by atoms with Crippen LogP contribution in [0, 0.1) is 52.3 Å². The molecule has 0 bridgehead atoms. The van der Waals surface area contributed by atoms with Crippen molar-refractivity contribution in [2.75, 3.05) is 6.61 Å². The number of hydrogen-bond acceptors (Lipinski definition) is 3. The third kappa shape index (κ3) is 3.86. The normalized spacial score (nSPS) is 45.5. The first-order valence-corrected chi connectivity index (χ1v) is 13.2. The molecule has 0 aliphatic heterocycles. The molecule has 2 N–H and O–H groups in total. The largest absolute Gasteiger partial charge is 0.411 e. The van der Waals surface area contributed by atoms with E-state index in [1.54, 1.807) is 0 Å². The summed E-state index contributed by atoms with van der Waals surface area (Å²) in [5, 5.41) is 21.3. The van der Waals surface area contributed by atoms with Crippen LogP contribution >= 0.6 is 0 Å². The molecule has 30 heavy (non-hydrogen) atoms. The van der Waals surface area contributed by atoms with Crippen molar-refractivity contribution in [3.63, 3.8) is 0 Å². The van der Waals surface area contributed by atoms with Crippen molar-refractivity contribution < 1.29 is 10.3 Å². The molecule has 4 saturated carbocycles. The maximum Gasteiger partial charge on any atom is 0.0510 e. The Morgan fingerprint density at radius 3 is 2.50 bits per heavy atom. The quantitative estimate of drug-likeness (QED) is 0.268. The fraction of sp³-hybridized carbons (Fsp3) is 0.963. The summed E-state index contributed by atoms with van der Waals surface area (Å²) in [4.78, 5) is 0. The summed E-state index contributed by atoms with van der Waals surface area (Å²) >= 11 is 0. The molecule has 4 fully saturated rings. The fourth-order valence-corrected chi connectivity index (χ4v) is 9.48. The van der Waals surface area contributed by atoms with Gasteiger partial charge < -0.3 is 10.3 Å². The highest BCUT2D eigenvalue weighted by Gasteiger charge is 2.59. The van der Waals surface area contributed by atoms with E-state index in [2.05, 4.69) is 25.9 Å². The molecule has 0 aromatic rings. The van der Waals surface area contributed by atoms with Crippen LogP contribution < -0.4 is 0 Å². The molecule has 4 aliphatic carbocycles. The average Bonchev–Trinajstić information content (AvgIpc) is 3.10. The van der Waals surface area contributed by atoms with Crippen LogP contribution in [-0.4, -0.2) is 23.1 Å². The van der Waals surface area contributed by atoms with Crippen LogP contribution in [0.2, 0.25) is 0 Å². The van der Waals surface area contributed by atoms with Gasteiger partial charge in [-0.1, -0.05) is 46.5 Å². The van der Waals surface area contributed by atoms with Crippen LogP contribution in [-0.2, 0) is 0 Å². The third-order valence-corrected chi connectivity index (χ3v) is 11.1. The Bertz CT molecular complexity index is 606. The van der Waals surface area contributed by atoms with E-state index in [0.29, 0.717) is 10.8 Å². The molecule has 0 radical (unpaired) electrons. The van der Waals surface area contributed by atoms with Crippen LogP contribution in [0.1, 0.15) is 104 Å². The number of aliphatic hydroxyl groups is 1. The van der Waals surface area contributed by atoms with E-state index in [1.165, 1.54) is 76.8 Å². The summed E-state index contributed by atoms with van der Waals surface area (Å²) in [6.45, 7) is 7.95. The number of oxime groups is 1. The van der Waals surface area contributed by atoms with E-state index < -0.39 is 0 Å². The molecular weight excluding hydrogens is 370 g/mol. The topological polar surface area (TPSA) is 52.8 Å². The second kappa shape index (κ2) is 9.12. The van der Waals surface area contributed by atoms with Gasteiger partial charge in [-0.15, -0.1) is 5.16 Å². The number of aliphatic hydroxyl groups excluding tert-OH is 1. The zero-order valence-electron chi connectivity index (χ0n) is 19.9. The molecule has 4 rings (SSSR count). The first-order chi connectivity index (χ1) is 14.4. The lowest BCUT2D eigenvalue weighted by atomic mass is 9.44. The Morgan fingerprint density at radius 2 is 1.73 bits per heavy atom. The molecule has 4 aliphatic rings. The van der Waals surface area contributed by atoms with Crippen LogP contribution in [0.15, 0.2) is 5.16 Å². The molecule has 3 nitrogen and oxygen atoms in total. The molecule has 172 valence electrons. The summed E-state index contributed by atoms with van der Waals surface area (Å²) < 4.78 is 0. The van der Waals surface area contributed by atoms with Gasteiger partial charge in [-0.2, -0.15) is 0 Å². The Balaban J connectivity index is 1.40. The van der Waals surface area contributed by atoms with Gasteiger partial charge in [0.1, 0.15) is 0 Å². The number of fused-ring (bicyclic) bond motifs is 5. The van der Waals surface area contributed by atoms with Crippen molar-refractivity contribution in [1.29, 1.82) is 0 Å². The minimum absolute atomic E-state index is 0.0102. The summed E-state index contributed by atoms with van der Waals surface area (Å²) in [5.74, 6) is 5.65. The number of hydrogen-bond donors (Lipinski definition) is 2. The molecule has 0 aromatic heterocycles. The maximum absolute atomic E-state index is 9.44. The smallest absolute Gasteiger partial charge is 0.0510 e. The molecule has 3 heteroatoms. The predicted molar refractivity (Wildman–Crippen MR) is 124 cm³/mol. The molecule has 0 aromatic carbocycles. The van der Waals surface area contributed by atoms with Crippen LogP contribution in [0.3, 0.4) is 0 Å². The highest BCUT2D eigenvalue weighted by molar-refractivity contribution is 5.59. The summed E-state index contributed by atoms with van der Waals surface area (Å²) in [6, 6.07) is 0. The lowest BCUT2D eigenvalue weighted by molar-refractivity contribution is -0.114. The van der Waals surface area contributed by atoms with Gasteiger partial charge in [0.25, 0.3) is 0 Å². The number of rotatable bonds is 7. The second-order valence-corrected chi connectivity index (χ2v) is 12.2. The zero-order chi connectivity index (χ0) is 21.4. The highest BCUT2D eigenvalue weighted by atomic mass is 16.4. The van der Waals surface area contributed by atoms with Gasteiger partial charge in [-0.05, 0) is 104 Å². The van der Waals surface area contributed by atoms with Crippen molar-refractivity contribution in [3.8, 4) is 0 Å². The van der Waals surface area contributed by atoms with E-state index in [9.17, 15) is 5.11 Å². The minimum atomic E-state index is 0.0102. The van der Waals surface area contributed by atoms with E-state index in [1.807, 2.05) is 0 Å². The van der Waals surface area contributed by atoms with Gasteiger partial charge in [-0.3, -0.25) is 0 Å². The number of nitrogens with zero attached hydrogens (tertiary/aromatic N) is 1. The van der Waals surface area contributed by atoms with Crippen LogP contribution in [0.25, 0.3) is 0 Å². The standard InChI is InChI=1S/C27H47NO2/c1-19(7-6-8-20(18-29)17-28-30)23-12-13-24-22-11-10-21-9-4-5-15-26(21,2)25(22)14-16-27(23,24)3/h17,19-25,29-30H,4-16,18H2,1-3H3/t19-,20?,21?,22+,23-,24+,25+,26+,27-/m1/s1. The van der Waals surface area contributed by atoms with Gasteiger partial charge >= 0.3 is 0 Å². The molecule has 0 amide bonds. The molecule has 9 atom stereocenters. The molecule has 0 spiro atoms. The Hall–Kier alpha value is -0.570. The van der Waals surface area contributed by atoms with Gasteiger partial charge in [0.2, 0.25) is 0 Å². The van der Waals surface area contributed by atoms with Crippen molar-refractivity contribution in [1.82, 2.24) is 0 Å². The second-order valence-electron chi connectivity index (χ2n) is 12.2. The SMILES string of the molecule is C[C@H](CCCC(C=NO)CO)[C@H]1CC[C@H]2[C@@H]3CCC4CCCC[C@]4(C)[C@H]3CC[C@]12C. The Kier molecular flexibility index (Phi) is 6.88. The van der Waals surface area contributed by atoms with E-state index >= 15 is 0 Å². The molecule has 0 saturated heterocycles. The van der Waals surface area contributed by atoms with E-state index in [4.69, 9.17) is 5.21 Å². The first kappa shape index (κ1) is 22.6. The fourth-order valence-electron chi connectivity index (χ4n) is 9.48. The summed E-state index contributed by atoms with van der Waals surface area (Å²) in [7, 11) is 0.